The van der Waals surface area contributed by atoms with Crippen molar-refractivity contribution in [1.29, 1.82) is 10.8 Å². The molecular weight excluding hydrogens is 350 g/mol. The molecule has 7 nitrogen and oxygen atoms in total. The highest BCUT2D eigenvalue weighted by atomic mass is 15.1. The van der Waals surface area contributed by atoms with Gasteiger partial charge < -0.3 is 22.5 Å². The van der Waals surface area contributed by atoms with Crippen molar-refractivity contribution in [2.75, 3.05) is 13.1 Å². The molecule has 2 aromatic rings. The maximum atomic E-state index is 7.35. The van der Waals surface area contributed by atoms with Crippen molar-refractivity contribution in [3.63, 3.8) is 0 Å². The number of nitrogens with two attached hydrogens (primary N) is 3. The molecule has 0 fully saturated rings. The van der Waals surface area contributed by atoms with Gasteiger partial charge in [-0.25, -0.2) is 4.99 Å². The minimum Gasteiger partial charge on any atom is -0.384 e. The van der Waals surface area contributed by atoms with Crippen LogP contribution < -0.4 is 22.5 Å². The number of nitrogens with one attached hydrogen (secondary N) is 3. The first-order valence-corrected chi connectivity index (χ1v) is 8.36. The van der Waals surface area contributed by atoms with Crippen LogP contribution in [-0.4, -0.2) is 30.7 Å². The Labute approximate surface area is 164 Å². The molecule has 0 saturated carbocycles. The Kier molecular flexibility index (Phi) is 7.21. The Morgan fingerprint density at radius 3 is 1.71 bits per heavy atom. The van der Waals surface area contributed by atoms with Crippen molar-refractivity contribution in [1.82, 2.24) is 5.32 Å². The zero-order valence-corrected chi connectivity index (χ0v) is 15.2. The maximum Gasteiger partial charge on any atom is 0.190 e. The number of benzene rings is 2. The summed E-state index contributed by atoms with van der Waals surface area (Å²) in [5.74, 6) is 12.1. The summed E-state index contributed by atoms with van der Waals surface area (Å²) in [7, 11) is 0. The Morgan fingerprint density at radius 1 is 0.786 bits per heavy atom. The summed E-state index contributed by atoms with van der Waals surface area (Å²) in [5.41, 5.74) is 19.5. The lowest BCUT2D eigenvalue weighted by atomic mass is 10.1. The predicted molar refractivity (Wildman–Crippen MR) is 113 cm³/mol. The fourth-order valence-corrected chi connectivity index (χ4v) is 2.07. The summed E-state index contributed by atoms with van der Waals surface area (Å²) < 4.78 is 0. The zero-order valence-electron chi connectivity index (χ0n) is 15.2. The molecule has 0 heterocycles. The van der Waals surface area contributed by atoms with E-state index in [0.717, 1.165) is 11.1 Å². The monoisotopic (exact) mass is 371 g/mol. The summed E-state index contributed by atoms with van der Waals surface area (Å²) in [4.78, 5) is 4.11. The standard InChI is InChI=1S/C21H21N7/c22-19(23)17-9-5-15(6-10-17)3-1-13-27-21(26)28-14-2-4-16-7-11-18(12-8-16)20(24)25/h5-12H,13-14H2,(H3,22,23)(H3,24,25)(H3,26,27,28). The van der Waals surface area contributed by atoms with Gasteiger partial charge in [0.2, 0.25) is 0 Å². The van der Waals surface area contributed by atoms with E-state index in [4.69, 9.17) is 28.0 Å². The first-order valence-electron chi connectivity index (χ1n) is 8.36. The molecule has 0 unspecified atom stereocenters. The van der Waals surface area contributed by atoms with Crippen molar-refractivity contribution in [2.24, 2.45) is 22.2 Å². The second-order valence-electron chi connectivity index (χ2n) is 5.64. The molecule has 0 amide bonds. The summed E-state index contributed by atoms with van der Waals surface area (Å²) in [5, 5.41) is 17.6. The third kappa shape index (κ3) is 6.58. The third-order valence-corrected chi connectivity index (χ3v) is 3.54. The van der Waals surface area contributed by atoms with Crippen molar-refractivity contribution < 1.29 is 0 Å². The number of hydrogen-bond donors (Lipinski definition) is 6. The molecule has 0 aromatic heterocycles. The first kappa shape index (κ1) is 20.1. The number of nitrogens with zero attached hydrogens (tertiary/aromatic N) is 1. The van der Waals surface area contributed by atoms with Gasteiger partial charge in [0.1, 0.15) is 18.2 Å². The maximum absolute atomic E-state index is 7.35. The molecule has 2 aromatic carbocycles. The van der Waals surface area contributed by atoms with E-state index in [1.54, 1.807) is 48.5 Å². The van der Waals surface area contributed by atoms with Crippen LogP contribution in [0.1, 0.15) is 22.3 Å². The zero-order chi connectivity index (χ0) is 20.4. The summed E-state index contributed by atoms with van der Waals surface area (Å²) in [6, 6.07) is 14.2. The molecule has 0 saturated heterocycles. The SMILES string of the molecule is N=C(N)c1ccc(C#CCN=C(N)NCC#Cc2ccc(C(=N)N)cc2)cc1. The molecule has 7 heteroatoms. The molecule has 0 aliphatic carbocycles. The Bertz CT molecular complexity index is 995. The second kappa shape index (κ2) is 10.0. The highest BCUT2D eigenvalue weighted by molar-refractivity contribution is 5.95. The smallest absolute Gasteiger partial charge is 0.190 e. The minimum atomic E-state index is 0.0270. The highest BCUT2D eigenvalue weighted by Gasteiger charge is 1.95. The fraction of sp³-hybridized carbons (Fsp3) is 0.0952. The van der Waals surface area contributed by atoms with Gasteiger partial charge in [-0.3, -0.25) is 10.8 Å². The van der Waals surface area contributed by atoms with Crippen molar-refractivity contribution >= 4 is 17.6 Å². The molecule has 28 heavy (non-hydrogen) atoms. The van der Waals surface area contributed by atoms with Gasteiger partial charge in [0.15, 0.2) is 5.96 Å². The van der Waals surface area contributed by atoms with Gasteiger partial charge in [0.05, 0.1) is 6.54 Å². The number of hydrogen-bond acceptors (Lipinski definition) is 3. The molecule has 0 aliphatic rings. The van der Waals surface area contributed by atoms with Crippen LogP contribution in [0.5, 0.6) is 0 Å². The lowest BCUT2D eigenvalue weighted by molar-refractivity contribution is 1.03. The normalized spacial score (nSPS) is 10.1. The van der Waals surface area contributed by atoms with E-state index in [1.807, 2.05) is 0 Å². The van der Waals surface area contributed by atoms with E-state index >= 15 is 0 Å². The quantitative estimate of drug-likeness (QED) is 0.264. The molecule has 0 bridgehead atoms. The van der Waals surface area contributed by atoms with Crippen LogP contribution in [0.4, 0.5) is 0 Å². The highest BCUT2D eigenvalue weighted by Crippen LogP contribution is 2.02. The topological polar surface area (TPSA) is 150 Å². The van der Waals surface area contributed by atoms with E-state index in [-0.39, 0.29) is 24.2 Å². The molecule has 0 atom stereocenters. The minimum absolute atomic E-state index is 0.0270. The van der Waals surface area contributed by atoms with Gasteiger partial charge in [0.25, 0.3) is 0 Å². The van der Waals surface area contributed by atoms with Crippen LogP contribution in [0.2, 0.25) is 0 Å². The van der Waals surface area contributed by atoms with Crippen molar-refractivity contribution in [3.8, 4) is 23.7 Å². The van der Waals surface area contributed by atoms with Gasteiger partial charge in [-0.05, 0) is 24.3 Å². The number of nitrogen functional groups attached to an aromatic ring is 2. The average Bonchev–Trinajstić information content (AvgIpc) is 2.69. The van der Waals surface area contributed by atoms with Gasteiger partial charge in [-0.15, -0.1) is 0 Å². The average molecular weight is 371 g/mol. The summed E-state index contributed by atoms with van der Waals surface area (Å²) in [6.07, 6.45) is 0. The van der Waals surface area contributed by atoms with Gasteiger partial charge >= 0.3 is 0 Å². The predicted octanol–water partition coefficient (Wildman–Crippen LogP) is 0.562. The van der Waals surface area contributed by atoms with Crippen molar-refractivity contribution in [2.45, 2.75) is 0 Å². The van der Waals surface area contributed by atoms with Crippen LogP contribution in [0.3, 0.4) is 0 Å². The lowest BCUT2D eigenvalue weighted by Crippen LogP contribution is -2.32. The van der Waals surface area contributed by atoms with Crippen LogP contribution in [0.15, 0.2) is 53.5 Å². The van der Waals surface area contributed by atoms with E-state index in [1.165, 1.54) is 0 Å². The van der Waals surface area contributed by atoms with E-state index < -0.39 is 0 Å². The van der Waals surface area contributed by atoms with Gasteiger partial charge in [0, 0.05) is 22.3 Å². The summed E-state index contributed by atoms with van der Waals surface area (Å²) in [6.45, 7) is 0.608. The third-order valence-electron chi connectivity index (χ3n) is 3.54. The lowest BCUT2D eigenvalue weighted by Gasteiger charge is -1.99. The number of rotatable bonds is 4. The molecular formula is C21H21N7. The molecule has 9 N–H and O–H groups in total. The molecule has 0 spiro atoms. The van der Waals surface area contributed by atoms with E-state index in [2.05, 4.69) is 34.0 Å². The van der Waals surface area contributed by atoms with Crippen LogP contribution in [-0.2, 0) is 0 Å². The van der Waals surface area contributed by atoms with E-state index in [0.29, 0.717) is 17.7 Å². The second-order valence-corrected chi connectivity index (χ2v) is 5.64. The van der Waals surface area contributed by atoms with Gasteiger partial charge in [-0.1, -0.05) is 47.9 Å². The Balaban J connectivity index is 1.79. The van der Waals surface area contributed by atoms with Crippen LogP contribution in [0, 0.1) is 34.5 Å². The Morgan fingerprint density at radius 2 is 1.25 bits per heavy atom. The number of amidine groups is 2. The molecule has 0 radical (unpaired) electrons. The van der Waals surface area contributed by atoms with E-state index in [9.17, 15) is 0 Å². The van der Waals surface area contributed by atoms with Gasteiger partial charge in [-0.2, -0.15) is 0 Å². The molecule has 2 rings (SSSR count). The molecule has 140 valence electrons. The first-order chi connectivity index (χ1) is 13.5. The number of aliphatic imine (C=N–C) groups is 1. The molecule has 0 aliphatic heterocycles. The van der Waals surface area contributed by atoms with Crippen LogP contribution in [0.25, 0.3) is 0 Å². The fourth-order valence-electron chi connectivity index (χ4n) is 2.07. The van der Waals surface area contributed by atoms with Crippen LogP contribution >= 0.6 is 0 Å². The Hall–Kier alpha value is -4.23. The largest absolute Gasteiger partial charge is 0.384 e. The number of guanidine groups is 1. The summed E-state index contributed by atoms with van der Waals surface area (Å²) >= 11 is 0. The van der Waals surface area contributed by atoms with Crippen molar-refractivity contribution in [3.05, 3.63) is 70.8 Å².